The van der Waals surface area contributed by atoms with Gasteiger partial charge in [0.25, 0.3) is 23.6 Å². The first-order valence-electron chi connectivity index (χ1n) is 27.4. The molecule has 0 bridgehead atoms. The molecule has 7 aromatic rings. The Labute approximate surface area is 534 Å². The average molecular weight is 1310 g/mol. The number of benzene rings is 7. The van der Waals surface area contributed by atoms with Crippen LogP contribution in [0.3, 0.4) is 0 Å². The molecule has 1 fully saturated rings. The molecule has 26 heteroatoms. The molecule has 0 aromatic heterocycles. The zero-order valence-electron chi connectivity index (χ0n) is 50.8. The second-order valence-corrected chi connectivity index (χ2v) is 26.9. The van der Waals surface area contributed by atoms with Gasteiger partial charge in [-0.15, -0.1) is 11.8 Å². The van der Waals surface area contributed by atoms with Gasteiger partial charge in [-0.1, -0.05) is 0 Å². The van der Waals surface area contributed by atoms with Crippen LogP contribution in [0.15, 0.2) is 160 Å². The van der Waals surface area contributed by atoms with E-state index in [9.17, 15) is 64.5 Å². The van der Waals surface area contributed by atoms with Crippen LogP contribution in [-0.2, 0) is 43.6 Å². The minimum Gasteiger partial charge on any atom is -0.379 e. The number of hydrogen-bond acceptors (Lipinski definition) is 17. The Hall–Kier alpha value is -9.74. The number of amides is 4. The van der Waals surface area contributed by atoms with Crippen LogP contribution in [0, 0.1) is 90.5 Å². The number of carbonyl (C=O) groups excluding carboxylic acids is 4. The number of hydrogen-bond donors (Lipinski definition) is 7. The van der Waals surface area contributed by atoms with Crippen molar-refractivity contribution in [2.24, 2.45) is 0 Å². The van der Waals surface area contributed by atoms with Gasteiger partial charge in [-0.2, -0.15) is 21.0 Å². The topological polar surface area (TPSA) is 353 Å². The predicted octanol–water partition coefficient (Wildman–Crippen LogP) is 9.42. The quantitative estimate of drug-likeness (QED) is 0.0253. The molecule has 20 nitrogen and oxygen atoms in total. The molecular weight excluding hydrogens is 1250 g/mol. The number of halogens is 3. The van der Waals surface area contributed by atoms with Crippen LogP contribution in [0.2, 0.25) is 0 Å². The summed E-state index contributed by atoms with van der Waals surface area (Å²) in [5, 5.41) is 76.8. The highest BCUT2D eigenvalue weighted by atomic mass is 32.2. The van der Waals surface area contributed by atoms with Crippen molar-refractivity contribution in [1.29, 1.82) is 21.0 Å². The number of nitrogens with one attached hydrogen (secondary N) is 4. The number of anilines is 4. The monoisotopic (exact) mass is 1310 g/mol. The number of carbonyl (C=O) groups is 4. The highest BCUT2D eigenvalue weighted by Crippen LogP contribution is 2.29. The normalized spacial score (nSPS) is 14.9. The number of epoxide rings is 1. The maximum absolute atomic E-state index is 12.9. The molecule has 1 heterocycles. The molecule has 92 heavy (non-hydrogen) atoms. The molecule has 0 saturated carbocycles. The molecule has 1 aliphatic heterocycles. The van der Waals surface area contributed by atoms with Gasteiger partial charge in [-0.05, 0) is 223 Å². The van der Waals surface area contributed by atoms with E-state index in [2.05, 4.69) is 33.4 Å². The maximum Gasteiger partial charge on any atom is 0.258 e. The van der Waals surface area contributed by atoms with Crippen LogP contribution in [0.5, 0.6) is 0 Å². The van der Waals surface area contributed by atoms with Crippen molar-refractivity contribution < 1.29 is 69.2 Å². The van der Waals surface area contributed by atoms with Crippen LogP contribution in [0.1, 0.15) is 72.2 Å². The lowest BCUT2D eigenvalue weighted by Crippen LogP contribution is -2.45. The van der Waals surface area contributed by atoms with E-state index in [0.717, 1.165) is 78.4 Å². The van der Waals surface area contributed by atoms with Crippen LogP contribution in [-0.4, -0.2) is 102 Å². The lowest BCUT2D eigenvalue weighted by atomic mass is 10.1. The second-order valence-electron chi connectivity index (χ2n) is 21.9. The Morgan fingerprint density at radius 2 is 0.761 bits per heavy atom. The third-order valence-electron chi connectivity index (χ3n) is 13.6. The van der Waals surface area contributed by atoms with Crippen molar-refractivity contribution >= 4 is 77.8 Å². The summed E-state index contributed by atoms with van der Waals surface area (Å²) < 4.78 is 93.2. The number of rotatable bonds is 17. The molecule has 8 rings (SSSR count). The van der Waals surface area contributed by atoms with E-state index < -0.39 is 82.9 Å². The summed E-state index contributed by atoms with van der Waals surface area (Å²) in [6.07, 6.45) is 0. The fraction of sp³-hybridized carbons (Fsp3) is 0.242. The van der Waals surface area contributed by atoms with Crippen molar-refractivity contribution in [3.05, 3.63) is 208 Å². The van der Waals surface area contributed by atoms with Gasteiger partial charge in [-0.25, -0.2) is 30.0 Å². The molecule has 1 aliphatic rings. The highest BCUT2D eigenvalue weighted by Gasteiger charge is 2.47. The van der Waals surface area contributed by atoms with Gasteiger partial charge in [0.15, 0.2) is 36.5 Å². The van der Waals surface area contributed by atoms with Gasteiger partial charge in [0.1, 0.15) is 23.1 Å². The summed E-state index contributed by atoms with van der Waals surface area (Å²) in [4.78, 5) is 48.9. The average Bonchev–Trinajstić information content (AvgIpc) is 1.53. The molecule has 478 valence electrons. The number of aryl methyl sites for hydroxylation is 4. The number of ether oxygens (including phenoxy) is 1. The Kier molecular flexibility index (Phi) is 24.5. The summed E-state index contributed by atoms with van der Waals surface area (Å²) in [7, 11) is -8.02. The molecule has 4 amide bonds. The lowest BCUT2D eigenvalue weighted by Gasteiger charge is -2.22. The number of thioether (sulfide) groups is 1. The SMILES string of the molecule is Cc1cc(NC(=O)C(C)(O)CS(=O)(=O)c2ccc(F)cc2)ccc1C#N.Cc1cc(NC(=O)C(C)(O)CS(=O)(=O)c2ccc(F)cc2)ccc1C#N.Cc1cc(NC(=O)C(C)(O)CSc2ccc(F)cc2)ccc1C#N.Cc1cc(NC(=O)C2(C)CO2)ccc1C#N. The summed E-state index contributed by atoms with van der Waals surface area (Å²) >= 11 is 1.26. The van der Waals surface area contributed by atoms with Gasteiger partial charge < -0.3 is 41.3 Å². The van der Waals surface area contributed by atoms with Crippen molar-refractivity contribution in [3.63, 3.8) is 0 Å². The van der Waals surface area contributed by atoms with E-state index in [0.29, 0.717) is 62.7 Å². The summed E-state index contributed by atoms with van der Waals surface area (Å²) in [6.45, 7) is 12.8. The minimum atomic E-state index is -4.01. The molecule has 4 unspecified atom stereocenters. The summed E-state index contributed by atoms with van der Waals surface area (Å²) in [5.41, 5.74) is 0.0530. The lowest BCUT2D eigenvalue weighted by molar-refractivity contribution is -0.130. The fourth-order valence-electron chi connectivity index (χ4n) is 7.91. The predicted molar refractivity (Wildman–Crippen MR) is 338 cm³/mol. The zero-order chi connectivity index (χ0) is 68.6. The van der Waals surface area contributed by atoms with Crippen molar-refractivity contribution in [2.45, 2.75) is 92.5 Å². The maximum atomic E-state index is 12.9. The van der Waals surface area contributed by atoms with Crippen molar-refractivity contribution in [3.8, 4) is 24.3 Å². The fourth-order valence-corrected chi connectivity index (χ4v) is 12.0. The van der Waals surface area contributed by atoms with Crippen molar-refractivity contribution in [1.82, 2.24) is 0 Å². The van der Waals surface area contributed by atoms with Crippen LogP contribution in [0.4, 0.5) is 35.9 Å². The Bertz CT molecular complexity index is 4150. The first-order chi connectivity index (χ1) is 43.0. The van der Waals surface area contributed by atoms with E-state index in [-0.39, 0.29) is 27.3 Å². The number of aliphatic hydroxyl groups is 3. The second kappa shape index (κ2) is 30.8. The largest absolute Gasteiger partial charge is 0.379 e. The van der Waals surface area contributed by atoms with Gasteiger partial charge in [0, 0.05) is 33.4 Å². The first kappa shape index (κ1) is 73.0. The van der Waals surface area contributed by atoms with E-state index >= 15 is 0 Å². The van der Waals surface area contributed by atoms with Gasteiger partial charge in [-0.3, -0.25) is 19.2 Å². The molecule has 0 aliphatic carbocycles. The van der Waals surface area contributed by atoms with E-state index in [1.165, 1.54) is 55.1 Å². The van der Waals surface area contributed by atoms with Gasteiger partial charge in [0.05, 0.1) is 74.4 Å². The molecule has 4 atom stereocenters. The van der Waals surface area contributed by atoms with Crippen LogP contribution in [0.25, 0.3) is 0 Å². The van der Waals surface area contributed by atoms with Crippen molar-refractivity contribution in [2.75, 3.05) is 45.1 Å². The number of nitrogens with zero attached hydrogens (tertiary/aromatic N) is 4. The third kappa shape index (κ3) is 20.9. The Morgan fingerprint density at radius 3 is 1.03 bits per heavy atom. The minimum absolute atomic E-state index is 0.125. The molecule has 7 aromatic carbocycles. The Balaban J connectivity index is 0.000000226. The molecular formula is C66H63F3N8O12S3. The summed E-state index contributed by atoms with van der Waals surface area (Å²) in [5.74, 6) is -5.63. The first-order valence-corrected chi connectivity index (χ1v) is 31.7. The zero-order valence-corrected chi connectivity index (χ0v) is 53.3. The molecule has 1 saturated heterocycles. The van der Waals surface area contributed by atoms with E-state index in [1.54, 1.807) is 88.4 Å². The van der Waals surface area contributed by atoms with Gasteiger partial charge >= 0.3 is 0 Å². The molecule has 0 radical (unpaired) electrons. The van der Waals surface area contributed by atoms with Gasteiger partial charge in [0.2, 0.25) is 0 Å². The van der Waals surface area contributed by atoms with E-state index in [4.69, 9.17) is 25.8 Å². The third-order valence-corrected chi connectivity index (χ3v) is 18.7. The summed E-state index contributed by atoms with van der Waals surface area (Å²) in [6, 6.07) is 41.4. The van der Waals surface area contributed by atoms with E-state index in [1.807, 2.05) is 19.1 Å². The van der Waals surface area contributed by atoms with Crippen LogP contribution < -0.4 is 21.3 Å². The highest BCUT2D eigenvalue weighted by molar-refractivity contribution is 7.99. The van der Waals surface area contributed by atoms with Crippen LogP contribution >= 0.6 is 11.8 Å². The molecule has 7 N–H and O–H groups in total. The molecule has 0 spiro atoms. The smallest absolute Gasteiger partial charge is 0.258 e. The number of nitriles is 4. The number of sulfone groups is 2. The standard InChI is InChI=1S/2C18H17FN2O4S.C18H17FN2O2S.C12H12N2O2/c2*1-12-9-15(6-3-13(12)10-20)21-17(22)18(2,23)11-26(24,25)16-7-4-14(19)5-8-16;1-12-9-15(6-3-13(12)10-20)21-17(22)18(2,23)11-24-16-7-4-14(19)5-8-16;1-8-5-10(4-3-9(8)6-13)14-11(15)12(2)7-16-12/h2*3-9,23H,11H2,1-2H3,(H,21,22);3-9,23H,11H2,1-2H3,(H,21,22);3-5H,7H2,1-2H3,(H,14,15). The Morgan fingerprint density at radius 1 is 0.489 bits per heavy atom.